The lowest BCUT2D eigenvalue weighted by atomic mass is 10.0. The number of hydrogen-bond acceptors (Lipinski definition) is 4. The van der Waals surface area contributed by atoms with Crippen LogP contribution in [0, 0.1) is 0 Å². The Labute approximate surface area is 117 Å². The molecule has 1 aliphatic heterocycles. The van der Waals surface area contributed by atoms with Gasteiger partial charge in [-0.3, -0.25) is 9.48 Å². The fraction of sp³-hybridized carbons (Fsp3) is 0.615. The first-order valence-electron chi connectivity index (χ1n) is 6.59. The topological polar surface area (TPSA) is 84.7 Å². The van der Waals surface area contributed by atoms with E-state index in [1.165, 1.54) is 7.11 Å². The molecule has 0 spiro atoms. The quantitative estimate of drug-likeness (QED) is 0.865. The molecule has 1 amide bonds. The highest BCUT2D eigenvalue weighted by molar-refractivity contribution is 5.88. The van der Waals surface area contributed by atoms with Crippen molar-refractivity contribution in [2.45, 2.75) is 32.4 Å². The molecule has 0 saturated carbocycles. The molecule has 0 fully saturated rings. The van der Waals surface area contributed by atoms with Crippen LogP contribution in [0.4, 0.5) is 0 Å². The standard InChI is InChI=1S/C13H19N3O4/c1-4-10(20-3)12(17)16-6-5-9-8(7-16)11(13(18)19)14-15(9)2/h10H,4-7H2,1-3H3,(H,18,19)/t10-/m1/s1. The first-order chi connectivity index (χ1) is 9.49. The number of aromatic carboxylic acids is 1. The number of rotatable bonds is 4. The number of carboxylic acids is 1. The third-order valence-corrected chi connectivity index (χ3v) is 3.69. The van der Waals surface area contributed by atoms with Gasteiger partial charge in [-0.25, -0.2) is 4.79 Å². The van der Waals surface area contributed by atoms with E-state index in [-0.39, 0.29) is 18.1 Å². The van der Waals surface area contributed by atoms with Crippen LogP contribution in [0.1, 0.15) is 35.1 Å². The molecule has 0 radical (unpaired) electrons. The van der Waals surface area contributed by atoms with Gasteiger partial charge in [0.1, 0.15) is 6.10 Å². The maximum absolute atomic E-state index is 12.3. The summed E-state index contributed by atoms with van der Waals surface area (Å²) in [4.78, 5) is 25.1. The molecule has 1 N–H and O–H groups in total. The van der Waals surface area contributed by atoms with E-state index >= 15 is 0 Å². The molecule has 2 heterocycles. The number of hydrogen-bond donors (Lipinski definition) is 1. The lowest BCUT2D eigenvalue weighted by Crippen LogP contribution is -2.43. The Hall–Kier alpha value is -1.89. The van der Waals surface area contributed by atoms with E-state index in [4.69, 9.17) is 4.74 Å². The summed E-state index contributed by atoms with van der Waals surface area (Å²) in [6.07, 6.45) is 0.733. The van der Waals surface area contributed by atoms with Crippen molar-refractivity contribution in [3.63, 3.8) is 0 Å². The van der Waals surface area contributed by atoms with Gasteiger partial charge in [0.15, 0.2) is 5.69 Å². The second kappa shape index (κ2) is 5.62. The summed E-state index contributed by atoms with van der Waals surface area (Å²) in [5.41, 5.74) is 1.55. The molecule has 2 rings (SSSR count). The third-order valence-electron chi connectivity index (χ3n) is 3.69. The van der Waals surface area contributed by atoms with Crippen LogP contribution >= 0.6 is 0 Å². The average molecular weight is 281 g/mol. The van der Waals surface area contributed by atoms with Crippen LogP contribution in [0.5, 0.6) is 0 Å². The molecule has 0 bridgehead atoms. The molecule has 110 valence electrons. The lowest BCUT2D eigenvalue weighted by Gasteiger charge is -2.30. The van der Waals surface area contributed by atoms with Crippen LogP contribution in [0.2, 0.25) is 0 Å². The van der Waals surface area contributed by atoms with E-state index in [1.807, 2.05) is 6.92 Å². The number of aryl methyl sites for hydroxylation is 1. The second-order valence-corrected chi connectivity index (χ2v) is 4.84. The molecule has 7 nitrogen and oxygen atoms in total. The smallest absolute Gasteiger partial charge is 0.356 e. The highest BCUT2D eigenvalue weighted by atomic mass is 16.5. The van der Waals surface area contributed by atoms with E-state index in [0.717, 1.165) is 5.69 Å². The minimum atomic E-state index is -1.06. The maximum Gasteiger partial charge on any atom is 0.356 e. The molecule has 0 unspecified atom stereocenters. The Kier molecular flexibility index (Phi) is 4.08. The molecule has 1 aromatic heterocycles. The zero-order chi connectivity index (χ0) is 14.9. The van der Waals surface area contributed by atoms with Crippen molar-refractivity contribution in [2.75, 3.05) is 13.7 Å². The first kappa shape index (κ1) is 14.5. The number of nitrogens with zero attached hydrogens (tertiary/aromatic N) is 3. The second-order valence-electron chi connectivity index (χ2n) is 4.84. The Bertz CT molecular complexity index is 534. The van der Waals surface area contributed by atoms with Crippen LogP contribution in [-0.2, 0) is 29.5 Å². The normalized spacial score (nSPS) is 15.8. The predicted octanol–water partition coefficient (Wildman–Crippen LogP) is 0.428. The Morgan fingerprint density at radius 2 is 2.20 bits per heavy atom. The molecule has 1 aliphatic rings. The van der Waals surface area contributed by atoms with Crippen molar-refractivity contribution in [3.8, 4) is 0 Å². The van der Waals surface area contributed by atoms with Gasteiger partial charge in [-0.05, 0) is 6.42 Å². The number of ether oxygens (including phenoxy) is 1. The fourth-order valence-electron chi connectivity index (χ4n) is 2.60. The maximum atomic E-state index is 12.3. The van der Waals surface area contributed by atoms with E-state index in [0.29, 0.717) is 24.9 Å². The molecular weight excluding hydrogens is 262 g/mol. The fourth-order valence-corrected chi connectivity index (χ4v) is 2.60. The minimum Gasteiger partial charge on any atom is -0.476 e. The van der Waals surface area contributed by atoms with Crippen molar-refractivity contribution in [1.29, 1.82) is 0 Å². The number of carboxylic acid groups (broad SMARTS) is 1. The zero-order valence-electron chi connectivity index (χ0n) is 11.9. The Balaban J connectivity index is 2.26. The van der Waals surface area contributed by atoms with E-state index in [1.54, 1.807) is 16.6 Å². The SMILES string of the molecule is CC[C@@H](OC)C(=O)N1CCc2c(c(C(=O)O)nn2C)C1. The van der Waals surface area contributed by atoms with Crippen molar-refractivity contribution >= 4 is 11.9 Å². The molecule has 1 aromatic rings. The average Bonchev–Trinajstić information content (AvgIpc) is 2.77. The lowest BCUT2D eigenvalue weighted by molar-refractivity contribution is -0.143. The molecular formula is C13H19N3O4. The summed E-state index contributed by atoms with van der Waals surface area (Å²) in [7, 11) is 3.24. The summed E-state index contributed by atoms with van der Waals surface area (Å²) in [5, 5.41) is 13.2. The Morgan fingerprint density at radius 3 is 2.75 bits per heavy atom. The molecule has 0 saturated heterocycles. The number of amides is 1. The van der Waals surface area contributed by atoms with E-state index in [9.17, 15) is 14.7 Å². The summed E-state index contributed by atoms with van der Waals surface area (Å²) >= 11 is 0. The summed E-state index contributed by atoms with van der Waals surface area (Å²) in [5.74, 6) is -1.16. The molecule has 0 aliphatic carbocycles. The monoisotopic (exact) mass is 281 g/mol. The molecule has 20 heavy (non-hydrogen) atoms. The predicted molar refractivity (Wildman–Crippen MR) is 70.4 cm³/mol. The first-order valence-corrected chi connectivity index (χ1v) is 6.59. The molecule has 1 atom stereocenters. The van der Waals surface area contributed by atoms with Gasteiger partial charge >= 0.3 is 5.97 Å². The van der Waals surface area contributed by atoms with Crippen molar-refractivity contribution < 1.29 is 19.4 Å². The van der Waals surface area contributed by atoms with Gasteiger partial charge in [-0.1, -0.05) is 6.92 Å². The summed E-state index contributed by atoms with van der Waals surface area (Å²) < 4.78 is 6.75. The number of fused-ring (bicyclic) bond motifs is 1. The summed E-state index contributed by atoms with van der Waals surface area (Å²) in [6, 6.07) is 0. The minimum absolute atomic E-state index is 0.0328. The highest BCUT2D eigenvalue weighted by Crippen LogP contribution is 2.23. The van der Waals surface area contributed by atoms with Gasteiger partial charge in [0.25, 0.3) is 5.91 Å². The van der Waals surface area contributed by atoms with E-state index < -0.39 is 12.1 Å². The van der Waals surface area contributed by atoms with E-state index in [2.05, 4.69) is 5.10 Å². The number of aromatic nitrogens is 2. The highest BCUT2D eigenvalue weighted by Gasteiger charge is 2.31. The zero-order valence-corrected chi connectivity index (χ0v) is 11.9. The van der Waals surface area contributed by atoms with Gasteiger partial charge in [-0.2, -0.15) is 5.10 Å². The van der Waals surface area contributed by atoms with Gasteiger partial charge in [0.05, 0.1) is 0 Å². The number of carbonyl (C=O) groups excluding carboxylic acids is 1. The van der Waals surface area contributed by atoms with Crippen LogP contribution in [-0.4, -0.2) is 51.4 Å². The van der Waals surface area contributed by atoms with Crippen LogP contribution < -0.4 is 0 Å². The summed E-state index contributed by atoms with van der Waals surface area (Å²) in [6.45, 7) is 2.72. The van der Waals surface area contributed by atoms with Crippen LogP contribution in [0.15, 0.2) is 0 Å². The Morgan fingerprint density at radius 1 is 1.50 bits per heavy atom. The van der Waals surface area contributed by atoms with Crippen LogP contribution in [0.3, 0.4) is 0 Å². The van der Waals surface area contributed by atoms with Gasteiger partial charge < -0.3 is 14.7 Å². The number of carbonyl (C=O) groups is 2. The van der Waals surface area contributed by atoms with Crippen LogP contribution in [0.25, 0.3) is 0 Å². The largest absolute Gasteiger partial charge is 0.476 e. The van der Waals surface area contributed by atoms with Crippen molar-refractivity contribution in [3.05, 3.63) is 17.0 Å². The molecule has 0 aromatic carbocycles. The third kappa shape index (κ3) is 2.40. The van der Waals surface area contributed by atoms with Gasteiger partial charge in [0, 0.05) is 44.9 Å². The van der Waals surface area contributed by atoms with Gasteiger partial charge in [-0.15, -0.1) is 0 Å². The number of methoxy groups -OCH3 is 1. The molecule has 7 heteroatoms. The van der Waals surface area contributed by atoms with Crippen molar-refractivity contribution in [2.24, 2.45) is 7.05 Å². The van der Waals surface area contributed by atoms with Gasteiger partial charge in [0.2, 0.25) is 0 Å². The van der Waals surface area contributed by atoms with Crippen molar-refractivity contribution in [1.82, 2.24) is 14.7 Å².